The molecule has 3 rings (SSSR count). The Morgan fingerprint density at radius 1 is 1.00 bits per heavy atom. The average molecular weight is 369 g/mol. The zero-order valence-electron chi connectivity index (χ0n) is 15.2. The normalized spacial score (nSPS) is 10.5. The Kier molecular flexibility index (Phi) is 5.23. The lowest BCUT2D eigenvalue weighted by Crippen LogP contribution is -2.08. The first kappa shape index (κ1) is 17.9. The fourth-order valence-corrected chi connectivity index (χ4v) is 2.96. The van der Waals surface area contributed by atoms with Crippen molar-refractivity contribution < 1.29 is 0 Å². The summed E-state index contributed by atoms with van der Waals surface area (Å²) in [4.78, 5) is 6.50. The van der Waals surface area contributed by atoms with Crippen LogP contribution >= 0.6 is 11.6 Å². The monoisotopic (exact) mass is 368 g/mol. The lowest BCUT2D eigenvalue weighted by molar-refractivity contribution is 0.982. The third-order valence-corrected chi connectivity index (χ3v) is 4.18. The molecule has 0 aliphatic heterocycles. The number of rotatable bonds is 5. The van der Waals surface area contributed by atoms with E-state index in [1.165, 1.54) is 0 Å². The van der Waals surface area contributed by atoms with Gasteiger partial charge < -0.3 is 15.5 Å². The van der Waals surface area contributed by atoms with Crippen LogP contribution in [0, 0.1) is 13.8 Å². The second kappa shape index (κ2) is 7.58. The minimum Gasteiger partial charge on any atom is -0.378 e. The second-order valence-electron chi connectivity index (χ2n) is 6.30. The lowest BCUT2D eigenvalue weighted by atomic mass is 10.1. The number of halogens is 1. The quantitative estimate of drug-likeness (QED) is 0.680. The van der Waals surface area contributed by atoms with Gasteiger partial charge in [0.15, 0.2) is 5.82 Å². The Balaban J connectivity index is 1.78. The van der Waals surface area contributed by atoms with E-state index < -0.39 is 0 Å². The van der Waals surface area contributed by atoms with Gasteiger partial charge in [0.05, 0.1) is 16.9 Å². The van der Waals surface area contributed by atoms with E-state index in [1.807, 2.05) is 63.2 Å². The Morgan fingerprint density at radius 2 is 1.73 bits per heavy atom. The molecule has 0 bridgehead atoms. The Hall–Kier alpha value is -2.86. The maximum Gasteiger partial charge on any atom is 0.249 e. The predicted molar refractivity (Wildman–Crippen MR) is 108 cm³/mol. The van der Waals surface area contributed by atoms with Gasteiger partial charge in [0.1, 0.15) is 0 Å². The molecule has 0 spiro atoms. The van der Waals surface area contributed by atoms with Crippen LogP contribution in [0.1, 0.15) is 11.1 Å². The van der Waals surface area contributed by atoms with Gasteiger partial charge in [-0.25, -0.2) is 0 Å². The summed E-state index contributed by atoms with van der Waals surface area (Å²) in [7, 11) is 4.01. The Morgan fingerprint density at radius 3 is 2.38 bits per heavy atom. The minimum atomic E-state index is 0.411. The van der Waals surface area contributed by atoms with Crippen LogP contribution in [-0.2, 0) is 0 Å². The second-order valence-corrected chi connectivity index (χ2v) is 6.70. The molecule has 7 heteroatoms. The first-order valence-electron chi connectivity index (χ1n) is 8.20. The van der Waals surface area contributed by atoms with Gasteiger partial charge in [0, 0.05) is 25.5 Å². The zero-order valence-corrected chi connectivity index (χ0v) is 16.0. The van der Waals surface area contributed by atoms with Crippen molar-refractivity contribution in [1.29, 1.82) is 0 Å². The molecule has 0 radical (unpaired) electrons. The third-order valence-electron chi connectivity index (χ3n) is 3.88. The van der Waals surface area contributed by atoms with Crippen LogP contribution in [0.15, 0.2) is 42.6 Å². The van der Waals surface area contributed by atoms with E-state index in [2.05, 4.69) is 31.9 Å². The summed E-state index contributed by atoms with van der Waals surface area (Å²) in [5, 5.41) is 15.1. The SMILES string of the molecule is Cc1cc(C)c(Nc2cnnc(Nc3ccc(N(C)C)cc3)n2)c(Cl)c1. The Bertz CT molecular complexity index is 885. The van der Waals surface area contributed by atoms with Crippen molar-refractivity contribution in [3.05, 3.63) is 58.7 Å². The van der Waals surface area contributed by atoms with Crippen molar-refractivity contribution in [3.8, 4) is 0 Å². The van der Waals surface area contributed by atoms with E-state index in [4.69, 9.17) is 11.6 Å². The summed E-state index contributed by atoms with van der Waals surface area (Å²) in [6, 6.07) is 12.0. The van der Waals surface area contributed by atoms with Gasteiger partial charge in [0.25, 0.3) is 0 Å². The van der Waals surface area contributed by atoms with Gasteiger partial charge in [-0.15, -0.1) is 5.10 Å². The van der Waals surface area contributed by atoms with Crippen molar-refractivity contribution in [1.82, 2.24) is 15.2 Å². The van der Waals surface area contributed by atoms with Gasteiger partial charge in [-0.2, -0.15) is 10.1 Å². The molecule has 6 nitrogen and oxygen atoms in total. The molecule has 0 aliphatic rings. The molecule has 0 unspecified atom stereocenters. The van der Waals surface area contributed by atoms with E-state index in [0.29, 0.717) is 16.8 Å². The molecule has 0 amide bonds. The summed E-state index contributed by atoms with van der Waals surface area (Å²) >= 11 is 6.35. The highest BCUT2D eigenvalue weighted by atomic mass is 35.5. The Labute approximate surface area is 158 Å². The summed E-state index contributed by atoms with van der Waals surface area (Å²) in [6.45, 7) is 4.01. The highest BCUT2D eigenvalue weighted by molar-refractivity contribution is 6.33. The van der Waals surface area contributed by atoms with Crippen molar-refractivity contribution in [2.75, 3.05) is 29.6 Å². The van der Waals surface area contributed by atoms with Crippen molar-refractivity contribution >= 4 is 40.4 Å². The maximum atomic E-state index is 6.35. The van der Waals surface area contributed by atoms with Crippen LogP contribution < -0.4 is 15.5 Å². The van der Waals surface area contributed by atoms with Gasteiger partial charge >= 0.3 is 0 Å². The molecular formula is C19H21ClN6. The molecule has 0 aliphatic carbocycles. The molecular weight excluding hydrogens is 348 g/mol. The number of nitrogens with zero attached hydrogens (tertiary/aromatic N) is 4. The first-order valence-corrected chi connectivity index (χ1v) is 8.58. The maximum absolute atomic E-state index is 6.35. The van der Waals surface area contributed by atoms with Crippen molar-refractivity contribution in [2.45, 2.75) is 13.8 Å². The van der Waals surface area contributed by atoms with Crippen LogP contribution in [0.25, 0.3) is 0 Å². The number of nitrogens with one attached hydrogen (secondary N) is 2. The largest absolute Gasteiger partial charge is 0.378 e. The number of aromatic nitrogens is 3. The molecule has 134 valence electrons. The van der Waals surface area contributed by atoms with Crippen molar-refractivity contribution in [2.24, 2.45) is 0 Å². The van der Waals surface area contributed by atoms with Gasteiger partial charge in [-0.1, -0.05) is 17.7 Å². The summed E-state index contributed by atoms with van der Waals surface area (Å²) in [6.07, 6.45) is 1.57. The molecule has 0 saturated heterocycles. The van der Waals surface area contributed by atoms with E-state index in [0.717, 1.165) is 28.2 Å². The van der Waals surface area contributed by atoms with Crippen LogP contribution in [0.4, 0.5) is 28.8 Å². The van der Waals surface area contributed by atoms with Crippen LogP contribution in [0.5, 0.6) is 0 Å². The molecule has 0 atom stereocenters. The smallest absolute Gasteiger partial charge is 0.249 e. The fraction of sp³-hybridized carbons (Fsp3) is 0.211. The number of hydrogen-bond donors (Lipinski definition) is 2. The fourth-order valence-electron chi connectivity index (χ4n) is 2.59. The number of hydrogen-bond acceptors (Lipinski definition) is 6. The highest BCUT2D eigenvalue weighted by Gasteiger charge is 2.08. The lowest BCUT2D eigenvalue weighted by Gasteiger charge is -2.14. The standard InChI is InChI=1S/C19H21ClN6/c1-12-9-13(2)18(16(20)10-12)23-17-11-21-25-19(24-17)22-14-5-7-15(8-6-14)26(3)4/h5-11H,1-4H3,(H2,22,23,24,25). The van der Waals surface area contributed by atoms with Crippen LogP contribution in [-0.4, -0.2) is 29.3 Å². The van der Waals surface area contributed by atoms with E-state index in [-0.39, 0.29) is 0 Å². The number of aryl methyl sites for hydroxylation is 2. The third kappa shape index (κ3) is 4.21. The van der Waals surface area contributed by atoms with Crippen LogP contribution in [0.3, 0.4) is 0 Å². The van der Waals surface area contributed by atoms with Gasteiger partial charge in [-0.3, -0.25) is 0 Å². The first-order chi connectivity index (χ1) is 12.4. The highest BCUT2D eigenvalue weighted by Crippen LogP contribution is 2.29. The van der Waals surface area contributed by atoms with Crippen LogP contribution in [0.2, 0.25) is 5.02 Å². The summed E-state index contributed by atoms with van der Waals surface area (Å²) in [5.74, 6) is 0.981. The summed E-state index contributed by atoms with van der Waals surface area (Å²) in [5.41, 5.74) is 4.98. The van der Waals surface area contributed by atoms with E-state index in [1.54, 1.807) is 6.20 Å². The molecule has 2 aromatic carbocycles. The molecule has 0 saturated carbocycles. The van der Waals surface area contributed by atoms with Gasteiger partial charge in [-0.05, 0) is 55.3 Å². The molecule has 2 N–H and O–H groups in total. The van der Waals surface area contributed by atoms with E-state index >= 15 is 0 Å². The van der Waals surface area contributed by atoms with Gasteiger partial charge in [0.2, 0.25) is 5.95 Å². The topological polar surface area (TPSA) is 66.0 Å². The molecule has 0 fully saturated rings. The minimum absolute atomic E-state index is 0.411. The molecule has 1 aromatic heterocycles. The molecule has 26 heavy (non-hydrogen) atoms. The molecule has 1 heterocycles. The number of benzene rings is 2. The summed E-state index contributed by atoms with van der Waals surface area (Å²) < 4.78 is 0. The van der Waals surface area contributed by atoms with E-state index in [9.17, 15) is 0 Å². The van der Waals surface area contributed by atoms with Crippen molar-refractivity contribution in [3.63, 3.8) is 0 Å². The number of anilines is 5. The zero-order chi connectivity index (χ0) is 18.7. The molecule has 3 aromatic rings. The average Bonchev–Trinajstić information content (AvgIpc) is 2.59. The predicted octanol–water partition coefficient (Wildman–Crippen LogP) is 4.70.